The van der Waals surface area contributed by atoms with Crippen molar-refractivity contribution in [1.82, 2.24) is 4.57 Å². The maximum Gasteiger partial charge on any atom is 0.415 e. The molecule has 2 N–H and O–H groups in total. The average Bonchev–Trinajstić information content (AvgIpc) is 3.51. The van der Waals surface area contributed by atoms with E-state index in [9.17, 15) is 22.4 Å². The molecule has 1 aliphatic heterocycles. The number of aromatic nitrogens is 1. The Kier molecular flexibility index (Phi) is 7.70. The maximum atomic E-state index is 14.8. The van der Waals surface area contributed by atoms with Gasteiger partial charge >= 0.3 is 6.09 Å². The van der Waals surface area contributed by atoms with Crippen molar-refractivity contribution >= 4 is 54.9 Å². The van der Waals surface area contributed by atoms with Crippen LogP contribution in [0.1, 0.15) is 44.6 Å². The lowest BCUT2D eigenvalue weighted by Crippen LogP contribution is -2.34. The minimum atomic E-state index is -3.97. The van der Waals surface area contributed by atoms with Gasteiger partial charge in [0.05, 0.1) is 22.7 Å². The van der Waals surface area contributed by atoms with Crippen LogP contribution in [0, 0.1) is 12.7 Å². The molecule has 1 aromatic carbocycles. The predicted octanol–water partition coefficient (Wildman–Crippen LogP) is 5.41. The summed E-state index contributed by atoms with van der Waals surface area (Å²) in [5, 5.41) is 2.91. The minimum Gasteiger partial charge on any atom is -0.449 e. The molecule has 1 saturated carbocycles. The number of sulfonamides is 1. The van der Waals surface area contributed by atoms with Crippen molar-refractivity contribution in [3.63, 3.8) is 0 Å². The number of fused-ring (bicyclic) bond motifs is 1. The normalized spacial score (nSPS) is 15.7. The van der Waals surface area contributed by atoms with Crippen LogP contribution in [0.25, 0.3) is 0 Å². The number of carbonyl (C=O) groups excluding carboxylic acids is 1. The van der Waals surface area contributed by atoms with Gasteiger partial charge in [-0.3, -0.25) is 19.0 Å². The first-order valence-corrected chi connectivity index (χ1v) is 14.4. The van der Waals surface area contributed by atoms with Crippen molar-refractivity contribution in [3.05, 3.63) is 57.1 Å². The number of carbonyl (C=O) groups is 1. The van der Waals surface area contributed by atoms with E-state index in [4.69, 9.17) is 4.74 Å². The Morgan fingerprint density at radius 1 is 1.30 bits per heavy atom. The van der Waals surface area contributed by atoms with Crippen molar-refractivity contribution < 1.29 is 22.3 Å². The molecule has 4 rings (SSSR count). The second-order valence-electron chi connectivity index (χ2n) is 9.31. The minimum absolute atomic E-state index is 0.000280. The summed E-state index contributed by atoms with van der Waals surface area (Å²) < 4.78 is 50.8. The molecule has 0 spiro atoms. The van der Waals surface area contributed by atoms with Crippen LogP contribution in [-0.2, 0) is 21.3 Å². The number of pyridine rings is 1. The Hall–Kier alpha value is -2.86. The molecule has 1 amide bonds. The zero-order valence-electron chi connectivity index (χ0n) is 20.8. The van der Waals surface area contributed by atoms with Crippen LogP contribution in [0.3, 0.4) is 0 Å². The van der Waals surface area contributed by atoms with Crippen molar-refractivity contribution in [2.75, 3.05) is 28.1 Å². The number of hydrogen-bond donors (Lipinski definition) is 2. The molecule has 37 heavy (non-hydrogen) atoms. The molecule has 2 aliphatic rings. The first-order valence-electron chi connectivity index (χ1n) is 12.1. The SMILES string of the molecule is C=CCC1(S(=O)(=O)Nc2c(Nc3ccc(Br)cc3F)c(C)c(=O)n3c2N(C(=O)OCCCC)CC3)CC1. The van der Waals surface area contributed by atoms with E-state index in [1.165, 1.54) is 28.5 Å². The number of unbranched alkanes of at least 4 members (excludes halogenated alkanes) is 1. The highest BCUT2D eigenvalue weighted by Gasteiger charge is 2.54. The van der Waals surface area contributed by atoms with Gasteiger partial charge < -0.3 is 10.1 Å². The monoisotopic (exact) mass is 596 g/mol. The summed E-state index contributed by atoms with van der Waals surface area (Å²) >= 11 is 3.22. The largest absolute Gasteiger partial charge is 0.449 e. The molecule has 200 valence electrons. The Labute approximate surface area is 223 Å². The fourth-order valence-corrected chi connectivity index (χ4v) is 6.39. The number of hydrogen-bond acceptors (Lipinski definition) is 6. The van der Waals surface area contributed by atoms with E-state index in [1.807, 2.05) is 6.92 Å². The number of rotatable bonds is 10. The van der Waals surface area contributed by atoms with Gasteiger partial charge in [0, 0.05) is 23.1 Å². The van der Waals surface area contributed by atoms with Crippen LogP contribution in [0.4, 0.5) is 32.1 Å². The lowest BCUT2D eigenvalue weighted by atomic mass is 10.2. The molecule has 9 nitrogen and oxygen atoms in total. The standard InChI is InChI=1S/C25H30BrFN4O5S/c1-4-6-14-36-24(33)31-13-12-30-22(31)21(29-37(34,35)25(9-5-2)10-11-25)20(16(3)23(30)32)28-19-8-7-17(26)15-18(19)27/h5,7-8,15,28-29H,2,4,6,9-14H2,1,3H3. The molecular formula is C25H30BrFN4O5S. The third-order valence-corrected chi connectivity index (χ3v) is 9.42. The third kappa shape index (κ3) is 5.13. The van der Waals surface area contributed by atoms with E-state index in [-0.39, 0.29) is 54.6 Å². The number of amides is 1. The molecule has 1 fully saturated rings. The molecule has 0 unspecified atom stereocenters. The van der Waals surface area contributed by atoms with Gasteiger partial charge in [0.2, 0.25) is 10.0 Å². The summed E-state index contributed by atoms with van der Waals surface area (Å²) in [4.78, 5) is 27.6. The lowest BCUT2D eigenvalue weighted by Gasteiger charge is -2.25. The van der Waals surface area contributed by atoms with Crippen LogP contribution in [0.2, 0.25) is 0 Å². The summed E-state index contributed by atoms with van der Waals surface area (Å²) in [5.41, 5.74) is -0.130. The number of nitrogens with zero attached hydrogens (tertiary/aromatic N) is 2. The summed E-state index contributed by atoms with van der Waals surface area (Å²) in [6.45, 7) is 7.67. The molecule has 2 aromatic rings. The van der Waals surface area contributed by atoms with E-state index in [0.717, 1.165) is 6.42 Å². The van der Waals surface area contributed by atoms with Gasteiger partial charge in [-0.25, -0.2) is 17.6 Å². The van der Waals surface area contributed by atoms with Gasteiger partial charge in [0.25, 0.3) is 5.56 Å². The number of nitrogens with one attached hydrogen (secondary N) is 2. The van der Waals surface area contributed by atoms with Crippen molar-refractivity contribution in [3.8, 4) is 0 Å². The van der Waals surface area contributed by atoms with Crippen LogP contribution in [0.15, 0.2) is 40.1 Å². The Balaban J connectivity index is 1.87. The highest BCUT2D eigenvalue weighted by molar-refractivity contribution is 9.10. The Bertz CT molecular complexity index is 1400. The quantitative estimate of drug-likeness (QED) is 0.280. The van der Waals surface area contributed by atoms with Crippen molar-refractivity contribution in [1.29, 1.82) is 0 Å². The van der Waals surface area contributed by atoms with Crippen LogP contribution < -0.4 is 20.5 Å². The molecule has 0 bridgehead atoms. The molecule has 0 atom stereocenters. The lowest BCUT2D eigenvalue weighted by molar-refractivity contribution is 0.152. The van der Waals surface area contributed by atoms with Crippen LogP contribution >= 0.6 is 15.9 Å². The Morgan fingerprint density at radius 3 is 2.65 bits per heavy atom. The number of anilines is 4. The topological polar surface area (TPSA) is 110 Å². The molecule has 1 aromatic heterocycles. The van der Waals surface area contributed by atoms with Gasteiger partial charge in [-0.05, 0) is 50.8 Å². The van der Waals surface area contributed by atoms with Crippen molar-refractivity contribution in [2.24, 2.45) is 0 Å². The number of halogens is 2. The maximum absolute atomic E-state index is 14.8. The fourth-order valence-electron chi connectivity index (χ4n) is 4.40. The number of allylic oxidation sites excluding steroid dienone is 1. The first kappa shape index (κ1) is 27.2. The molecule has 2 heterocycles. The molecule has 0 radical (unpaired) electrons. The van der Waals surface area contributed by atoms with E-state index >= 15 is 0 Å². The molecular weight excluding hydrogens is 567 g/mol. The van der Waals surface area contributed by atoms with Gasteiger partial charge in [0.15, 0.2) is 0 Å². The van der Waals surface area contributed by atoms with Crippen molar-refractivity contribution in [2.45, 2.75) is 57.2 Å². The van der Waals surface area contributed by atoms with E-state index in [0.29, 0.717) is 23.7 Å². The van der Waals surface area contributed by atoms with E-state index in [2.05, 4.69) is 32.5 Å². The second-order valence-corrected chi connectivity index (χ2v) is 12.3. The summed E-state index contributed by atoms with van der Waals surface area (Å²) in [5.74, 6) is -0.542. The molecule has 12 heteroatoms. The summed E-state index contributed by atoms with van der Waals surface area (Å²) in [7, 11) is -3.97. The zero-order valence-corrected chi connectivity index (χ0v) is 23.2. The van der Waals surface area contributed by atoms with Gasteiger partial charge in [-0.2, -0.15) is 0 Å². The van der Waals surface area contributed by atoms with Gasteiger partial charge in [-0.1, -0.05) is 35.4 Å². The Morgan fingerprint density at radius 2 is 2.03 bits per heavy atom. The van der Waals surface area contributed by atoms with E-state index < -0.39 is 32.2 Å². The highest BCUT2D eigenvalue weighted by atomic mass is 79.9. The highest BCUT2D eigenvalue weighted by Crippen LogP contribution is 2.49. The average molecular weight is 598 g/mol. The molecule has 1 aliphatic carbocycles. The van der Waals surface area contributed by atoms with Gasteiger partial charge in [-0.15, -0.1) is 6.58 Å². The second kappa shape index (κ2) is 10.5. The van der Waals surface area contributed by atoms with Crippen LogP contribution in [-0.4, -0.2) is 37.0 Å². The summed E-state index contributed by atoms with van der Waals surface area (Å²) in [6.07, 6.45) is 3.53. The van der Waals surface area contributed by atoms with Gasteiger partial charge in [0.1, 0.15) is 17.3 Å². The third-order valence-electron chi connectivity index (χ3n) is 6.74. The van der Waals surface area contributed by atoms with Crippen LogP contribution in [0.5, 0.6) is 0 Å². The number of benzene rings is 1. The summed E-state index contributed by atoms with van der Waals surface area (Å²) in [6, 6.07) is 4.34. The molecule has 0 saturated heterocycles. The number of ether oxygens (including phenoxy) is 1. The smallest absolute Gasteiger partial charge is 0.415 e. The first-order chi connectivity index (χ1) is 17.5. The fraction of sp³-hybridized carbons (Fsp3) is 0.440. The zero-order chi connectivity index (χ0) is 27.0. The predicted molar refractivity (Wildman–Crippen MR) is 146 cm³/mol. The van der Waals surface area contributed by atoms with E-state index in [1.54, 1.807) is 12.1 Å².